The standard InChI is InChI=1S/C21H23N5/c1-3-17(4-2)21(26-15-23-14-24-26)18-7-11-20(12-8-18)25-19-9-5-16(13-22)6-10-19/h5-12,14-15,17,21,25H,3-4H2,1-2H3. The molecule has 5 nitrogen and oxygen atoms in total. The SMILES string of the molecule is CCC(CC)C(c1ccc(Nc2ccc(C#N)cc2)cc1)n1cncn1. The van der Waals surface area contributed by atoms with Crippen LogP contribution in [-0.2, 0) is 0 Å². The number of hydrogen-bond donors (Lipinski definition) is 1. The Morgan fingerprint density at radius 3 is 2.12 bits per heavy atom. The highest BCUT2D eigenvalue weighted by atomic mass is 15.3. The maximum Gasteiger partial charge on any atom is 0.137 e. The Kier molecular flexibility index (Phi) is 5.65. The van der Waals surface area contributed by atoms with E-state index in [4.69, 9.17) is 5.26 Å². The largest absolute Gasteiger partial charge is 0.356 e. The number of hydrogen-bond acceptors (Lipinski definition) is 4. The molecular formula is C21H23N5. The first kappa shape index (κ1) is 17.7. The topological polar surface area (TPSA) is 66.5 Å². The molecule has 5 heteroatoms. The van der Waals surface area contributed by atoms with Gasteiger partial charge < -0.3 is 5.32 Å². The third-order valence-electron chi connectivity index (χ3n) is 4.77. The van der Waals surface area contributed by atoms with Crippen LogP contribution in [0.4, 0.5) is 11.4 Å². The van der Waals surface area contributed by atoms with Gasteiger partial charge in [-0.25, -0.2) is 9.67 Å². The van der Waals surface area contributed by atoms with E-state index in [0.717, 1.165) is 24.2 Å². The van der Waals surface area contributed by atoms with Crippen LogP contribution in [0.5, 0.6) is 0 Å². The third kappa shape index (κ3) is 3.92. The number of nitrogens with zero attached hydrogens (tertiary/aromatic N) is 4. The molecule has 1 aromatic heterocycles. The fourth-order valence-corrected chi connectivity index (χ4v) is 3.30. The van der Waals surface area contributed by atoms with Crippen molar-refractivity contribution in [2.24, 2.45) is 5.92 Å². The molecule has 0 fully saturated rings. The van der Waals surface area contributed by atoms with Gasteiger partial charge in [0.25, 0.3) is 0 Å². The molecule has 0 bridgehead atoms. The van der Waals surface area contributed by atoms with Crippen LogP contribution in [0.2, 0.25) is 0 Å². The number of aromatic nitrogens is 3. The zero-order valence-electron chi connectivity index (χ0n) is 15.1. The summed E-state index contributed by atoms with van der Waals surface area (Å²) in [6.45, 7) is 4.44. The third-order valence-corrected chi connectivity index (χ3v) is 4.77. The first-order valence-electron chi connectivity index (χ1n) is 8.96. The minimum Gasteiger partial charge on any atom is -0.356 e. The highest BCUT2D eigenvalue weighted by Gasteiger charge is 2.22. The van der Waals surface area contributed by atoms with Gasteiger partial charge >= 0.3 is 0 Å². The van der Waals surface area contributed by atoms with E-state index in [9.17, 15) is 0 Å². The number of benzene rings is 2. The molecular weight excluding hydrogens is 322 g/mol. The van der Waals surface area contributed by atoms with Gasteiger partial charge in [0.1, 0.15) is 12.7 Å². The van der Waals surface area contributed by atoms with E-state index in [-0.39, 0.29) is 6.04 Å². The van der Waals surface area contributed by atoms with E-state index >= 15 is 0 Å². The maximum absolute atomic E-state index is 8.88. The lowest BCUT2D eigenvalue weighted by molar-refractivity contribution is 0.332. The molecule has 0 saturated heterocycles. The molecule has 0 radical (unpaired) electrons. The lowest BCUT2D eigenvalue weighted by atomic mass is 9.89. The van der Waals surface area contributed by atoms with Crippen LogP contribution in [0.15, 0.2) is 61.2 Å². The normalized spacial score (nSPS) is 11.9. The first-order chi connectivity index (χ1) is 12.7. The fraction of sp³-hybridized carbons (Fsp3) is 0.286. The molecule has 0 aliphatic carbocycles. The van der Waals surface area contributed by atoms with Crippen molar-refractivity contribution in [1.29, 1.82) is 5.26 Å². The van der Waals surface area contributed by atoms with Gasteiger partial charge in [-0.05, 0) is 47.9 Å². The van der Waals surface area contributed by atoms with Gasteiger partial charge in [0, 0.05) is 11.4 Å². The van der Waals surface area contributed by atoms with Crippen LogP contribution in [-0.4, -0.2) is 14.8 Å². The van der Waals surface area contributed by atoms with Gasteiger partial charge in [0.05, 0.1) is 17.7 Å². The molecule has 1 N–H and O–H groups in total. The number of nitriles is 1. The Bertz CT molecular complexity index is 841. The van der Waals surface area contributed by atoms with Crippen LogP contribution >= 0.6 is 0 Å². The Morgan fingerprint density at radius 2 is 1.62 bits per heavy atom. The quantitative estimate of drug-likeness (QED) is 0.660. The van der Waals surface area contributed by atoms with E-state index in [1.807, 2.05) is 28.9 Å². The second-order valence-corrected chi connectivity index (χ2v) is 6.33. The summed E-state index contributed by atoms with van der Waals surface area (Å²) in [5.41, 5.74) is 3.87. The van der Waals surface area contributed by atoms with Gasteiger partial charge in [-0.1, -0.05) is 38.8 Å². The highest BCUT2D eigenvalue weighted by Crippen LogP contribution is 2.31. The summed E-state index contributed by atoms with van der Waals surface area (Å²) in [5, 5.41) is 16.6. The average molecular weight is 345 g/mol. The van der Waals surface area contributed by atoms with Crippen LogP contribution in [0.25, 0.3) is 0 Å². The van der Waals surface area contributed by atoms with E-state index in [2.05, 4.69) is 59.6 Å². The second kappa shape index (κ2) is 8.30. The molecule has 0 saturated carbocycles. The summed E-state index contributed by atoms with van der Waals surface area (Å²) >= 11 is 0. The van der Waals surface area contributed by atoms with Crippen LogP contribution in [0, 0.1) is 17.2 Å². The zero-order chi connectivity index (χ0) is 18.4. The van der Waals surface area contributed by atoms with Gasteiger partial charge in [-0.15, -0.1) is 0 Å². The molecule has 1 atom stereocenters. The van der Waals surface area contributed by atoms with E-state index < -0.39 is 0 Å². The summed E-state index contributed by atoms with van der Waals surface area (Å²) in [6, 6.07) is 18.2. The zero-order valence-corrected chi connectivity index (χ0v) is 15.1. The molecule has 2 aromatic carbocycles. The predicted octanol–water partition coefficient (Wildman–Crippen LogP) is 4.92. The van der Waals surface area contributed by atoms with E-state index in [1.54, 1.807) is 12.7 Å². The molecule has 0 aliphatic rings. The number of anilines is 2. The van der Waals surface area contributed by atoms with Crippen molar-refractivity contribution in [3.05, 3.63) is 72.3 Å². The lowest BCUT2D eigenvalue weighted by Gasteiger charge is -2.26. The monoisotopic (exact) mass is 345 g/mol. The highest BCUT2D eigenvalue weighted by molar-refractivity contribution is 5.60. The molecule has 0 amide bonds. The van der Waals surface area contributed by atoms with E-state index in [1.165, 1.54) is 5.56 Å². The summed E-state index contributed by atoms with van der Waals surface area (Å²) in [6.07, 6.45) is 5.57. The van der Waals surface area contributed by atoms with Crippen molar-refractivity contribution >= 4 is 11.4 Å². The van der Waals surface area contributed by atoms with Gasteiger partial charge in [-0.3, -0.25) is 0 Å². The van der Waals surface area contributed by atoms with Gasteiger partial charge in [0.15, 0.2) is 0 Å². The summed E-state index contributed by atoms with van der Waals surface area (Å²) < 4.78 is 1.96. The number of nitrogens with one attached hydrogen (secondary N) is 1. The Morgan fingerprint density at radius 1 is 1.00 bits per heavy atom. The van der Waals surface area contributed by atoms with Gasteiger partial charge in [0.2, 0.25) is 0 Å². The molecule has 0 spiro atoms. The molecule has 0 aliphatic heterocycles. The van der Waals surface area contributed by atoms with Crippen LogP contribution < -0.4 is 5.32 Å². The lowest BCUT2D eigenvalue weighted by Crippen LogP contribution is -2.20. The smallest absolute Gasteiger partial charge is 0.137 e. The minimum atomic E-state index is 0.191. The molecule has 1 unspecified atom stereocenters. The van der Waals surface area contributed by atoms with Crippen molar-refractivity contribution in [2.45, 2.75) is 32.7 Å². The van der Waals surface area contributed by atoms with Crippen molar-refractivity contribution in [3.63, 3.8) is 0 Å². The maximum atomic E-state index is 8.88. The van der Waals surface area contributed by atoms with Gasteiger partial charge in [-0.2, -0.15) is 10.4 Å². The first-order valence-corrected chi connectivity index (χ1v) is 8.96. The van der Waals surface area contributed by atoms with Crippen LogP contribution in [0.1, 0.15) is 43.9 Å². The molecule has 132 valence electrons. The predicted molar refractivity (Wildman–Crippen MR) is 103 cm³/mol. The van der Waals surface area contributed by atoms with Crippen molar-refractivity contribution in [3.8, 4) is 6.07 Å². The Labute approximate surface area is 154 Å². The molecule has 26 heavy (non-hydrogen) atoms. The second-order valence-electron chi connectivity index (χ2n) is 6.33. The summed E-state index contributed by atoms with van der Waals surface area (Å²) in [5.74, 6) is 0.508. The molecule has 3 rings (SSSR count). The van der Waals surface area contributed by atoms with E-state index in [0.29, 0.717) is 11.5 Å². The fourth-order valence-electron chi connectivity index (χ4n) is 3.30. The molecule has 3 aromatic rings. The minimum absolute atomic E-state index is 0.191. The molecule has 1 heterocycles. The summed E-state index contributed by atoms with van der Waals surface area (Å²) in [4.78, 5) is 4.12. The summed E-state index contributed by atoms with van der Waals surface area (Å²) in [7, 11) is 0. The Hall–Kier alpha value is -3.13. The van der Waals surface area contributed by atoms with Crippen molar-refractivity contribution in [2.75, 3.05) is 5.32 Å². The average Bonchev–Trinajstić information content (AvgIpc) is 3.21. The van der Waals surface area contributed by atoms with Crippen molar-refractivity contribution < 1.29 is 0 Å². The Balaban J connectivity index is 1.81. The number of rotatable bonds is 7. The van der Waals surface area contributed by atoms with Crippen LogP contribution in [0.3, 0.4) is 0 Å². The van der Waals surface area contributed by atoms with Crippen molar-refractivity contribution in [1.82, 2.24) is 14.8 Å².